The Morgan fingerprint density at radius 1 is 1.25 bits per heavy atom. The Bertz CT molecular complexity index is 456. The van der Waals surface area contributed by atoms with Crippen molar-refractivity contribution in [3.63, 3.8) is 0 Å². The van der Waals surface area contributed by atoms with E-state index in [0.717, 1.165) is 43.7 Å². The Kier molecular flexibility index (Phi) is 4.49. The van der Waals surface area contributed by atoms with E-state index < -0.39 is 0 Å². The van der Waals surface area contributed by atoms with Crippen LogP contribution in [0.1, 0.15) is 31.2 Å². The fourth-order valence-electron chi connectivity index (χ4n) is 2.72. The topological polar surface area (TPSA) is 24.5 Å². The fourth-order valence-corrected chi connectivity index (χ4v) is 2.97. The molecule has 1 N–H and O–H groups in total. The van der Waals surface area contributed by atoms with Gasteiger partial charge in [-0.05, 0) is 43.4 Å². The van der Waals surface area contributed by atoms with Crippen LogP contribution in [0.5, 0.6) is 0 Å². The number of hydrogen-bond acceptors (Lipinski definition) is 3. The van der Waals surface area contributed by atoms with Crippen LogP contribution in [-0.4, -0.2) is 32.3 Å². The van der Waals surface area contributed by atoms with E-state index in [1.807, 2.05) is 0 Å². The number of hydrogen-bond donors (Lipinski definition) is 1. The highest BCUT2D eigenvalue weighted by atomic mass is 35.5. The van der Waals surface area contributed by atoms with Crippen molar-refractivity contribution in [2.24, 2.45) is 0 Å². The molecule has 2 aliphatic rings. The van der Waals surface area contributed by atoms with Gasteiger partial charge in [-0.25, -0.2) is 0 Å². The molecule has 1 aromatic rings. The molecule has 0 spiro atoms. The summed E-state index contributed by atoms with van der Waals surface area (Å²) in [5.74, 6) is 0. The van der Waals surface area contributed by atoms with E-state index in [0.29, 0.717) is 6.04 Å². The highest BCUT2D eigenvalue weighted by Gasteiger charge is 2.21. The maximum atomic E-state index is 6.42. The summed E-state index contributed by atoms with van der Waals surface area (Å²) in [4.78, 5) is 2.34. The summed E-state index contributed by atoms with van der Waals surface area (Å²) in [6.07, 6.45) is 4.81. The number of anilines is 1. The van der Waals surface area contributed by atoms with Crippen LogP contribution in [0.25, 0.3) is 0 Å². The van der Waals surface area contributed by atoms with Gasteiger partial charge in [0.15, 0.2) is 0 Å². The van der Waals surface area contributed by atoms with Crippen LogP contribution in [0.4, 0.5) is 5.69 Å². The largest absolute Gasteiger partial charge is 0.381 e. The summed E-state index contributed by atoms with van der Waals surface area (Å²) in [7, 11) is 2.16. The first-order valence-electron chi connectivity index (χ1n) is 7.56. The minimum Gasteiger partial charge on any atom is -0.381 e. The molecule has 1 heterocycles. The summed E-state index contributed by atoms with van der Waals surface area (Å²) < 4.78 is 5.43. The van der Waals surface area contributed by atoms with Gasteiger partial charge in [0.2, 0.25) is 0 Å². The molecule has 3 rings (SSSR count). The van der Waals surface area contributed by atoms with Crippen molar-refractivity contribution in [1.29, 1.82) is 0 Å². The van der Waals surface area contributed by atoms with Crippen molar-refractivity contribution in [2.45, 2.75) is 44.3 Å². The number of nitrogens with one attached hydrogen (secondary N) is 1. The molecule has 0 aromatic heterocycles. The Morgan fingerprint density at radius 3 is 2.65 bits per heavy atom. The fraction of sp³-hybridized carbons (Fsp3) is 0.625. The van der Waals surface area contributed by atoms with Crippen LogP contribution in [0.15, 0.2) is 18.2 Å². The van der Waals surface area contributed by atoms with Gasteiger partial charge in [0, 0.05) is 49.6 Å². The lowest BCUT2D eigenvalue weighted by Gasteiger charge is -2.33. The average molecular weight is 295 g/mol. The summed E-state index contributed by atoms with van der Waals surface area (Å²) in [5, 5.41) is 4.38. The Balaban J connectivity index is 1.64. The van der Waals surface area contributed by atoms with Gasteiger partial charge >= 0.3 is 0 Å². The van der Waals surface area contributed by atoms with Crippen LogP contribution in [0.2, 0.25) is 5.02 Å². The predicted molar refractivity (Wildman–Crippen MR) is 83.6 cm³/mol. The molecule has 0 bridgehead atoms. The van der Waals surface area contributed by atoms with E-state index in [1.165, 1.54) is 24.1 Å². The molecule has 1 aromatic carbocycles. The van der Waals surface area contributed by atoms with Crippen LogP contribution in [0.3, 0.4) is 0 Å². The summed E-state index contributed by atoms with van der Waals surface area (Å²) in [6, 6.07) is 7.72. The highest BCUT2D eigenvalue weighted by molar-refractivity contribution is 6.31. The van der Waals surface area contributed by atoms with E-state index >= 15 is 0 Å². The summed E-state index contributed by atoms with van der Waals surface area (Å²) >= 11 is 6.42. The molecular formula is C16H23ClN2O. The molecule has 0 unspecified atom stereocenters. The zero-order valence-electron chi connectivity index (χ0n) is 12.1. The molecule has 20 heavy (non-hydrogen) atoms. The van der Waals surface area contributed by atoms with E-state index in [9.17, 15) is 0 Å². The number of rotatable bonds is 5. The molecule has 1 saturated heterocycles. The first kappa shape index (κ1) is 14.2. The second-order valence-corrected chi connectivity index (χ2v) is 6.29. The smallest absolute Gasteiger partial charge is 0.0485 e. The van der Waals surface area contributed by atoms with Crippen molar-refractivity contribution >= 4 is 17.3 Å². The van der Waals surface area contributed by atoms with Crippen molar-refractivity contribution in [2.75, 3.05) is 25.2 Å². The molecule has 4 heteroatoms. The van der Waals surface area contributed by atoms with Crippen molar-refractivity contribution in [1.82, 2.24) is 5.32 Å². The van der Waals surface area contributed by atoms with E-state index in [4.69, 9.17) is 16.3 Å². The minimum absolute atomic E-state index is 0.565. The maximum absolute atomic E-state index is 6.42. The van der Waals surface area contributed by atoms with Gasteiger partial charge in [0.25, 0.3) is 0 Å². The van der Waals surface area contributed by atoms with Crippen molar-refractivity contribution in [3.05, 3.63) is 28.8 Å². The zero-order chi connectivity index (χ0) is 13.9. The predicted octanol–water partition coefficient (Wildman–Crippen LogP) is 3.21. The van der Waals surface area contributed by atoms with Gasteiger partial charge in [0.05, 0.1) is 0 Å². The molecule has 3 nitrogen and oxygen atoms in total. The molecular weight excluding hydrogens is 272 g/mol. The molecule has 110 valence electrons. The summed E-state index contributed by atoms with van der Waals surface area (Å²) in [6.45, 7) is 2.61. The molecule has 2 fully saturated rings. The first-order valence-corrected chi connectivity index (χ1v) is 7.94. The lowest BCUT2D eigenvalue weighted by molar-refractivity contribution is 0.0855. The number of ether oxygens (including phenoxy) is 1. The standard InChI is InChI=1S/C16H23ClN2O/c1-19(14-6-8-20-9-7-14)15-5-2-12(16(17)10-15)11-18-13-3-4-13/h2,5,10,13-14,18H,3-4,6-9,11H2,1H3. The summed E-state index contributed by atoms with van der Waals surface area (Å²) in [5.41, 5.74) is 2.40. The number of halogens is 1. The number of nitrogens with zero attached hydrogens (tertiary/aromatic N) is 1. The van der Waals surface area contributed by atoms with Gasteiger partial charge in [-0.1, -0.05) is 17.7 Å². The van der Waals surface area contributed by atoms with Gasteiger partial charge < -0.3 is 15.0 Å². The molecule has 1 aliphatic heterocycles. The SMILES string of the molecule is CN(c1ccc(CNC2CC2)c(Cl)c1)C1CCOCC1. The third-order valence-corrected chi connectivity index (χ3v) is 4.69. The molecule has 0 amide bonds. The van der Waals surface area contributed by atoms with Crippen molar-refractivity contribution < 1.29 is 4.74 Å². The molecule has 0 radical (unpaired) electrons. The Hall–Kier alpha value is -0.770. The Labute approximate surface area is 126 Å². The van der Waals surface area contributed by atoms with Gasteiger partial charge in [-0.3, -0.25) is 0 Å². The lowest BCUT2D eigenvalue weighted by atomic mass is 10.1. The van der Waals surface area contributed by atoms with Crippen LogP contribution in [-0.2, 0) is 11.3 Å². The third-order valence-electron chi connectivity index (χ3n) is 4.34. The monoisotopic (exact) mass is 294 g/mol. The maximum Gasteiger partial charge on any atom is 0.0485 e. The van der Waals surface area contributed by atoms with Crippen LogP contribution >= 0.6 is 11.6 Å². The van der Waals surface area contributed by atoms with Gasteiger partial charge in [-0.15, -0.1) is 0 Å². The zero-order valence-corrected chi connectivity index (χ0v) is 12.8. The second kappa shape index (κ2) is 6.33. The second-order valence-electron chi connectivity index (χ2n) is 5.89. The average Bonchev–Trinajstić information content (AvgIpc) is 3.30. The van der Waals surface area contributed by atoms with Gasteiger partial charge in [-0.2, -0.15) is 0 Å². The van der Waals surface area contributed by atoms with Crippen LogP contribution < -0.4 is 10.2 Å². The van der Waals surface area contributed by atoms with Gasteiger partial charge in [0.1, 0.15) is 0 Å². The minimum atomic E-state index is 0.565. The third kappa shape index (κ3) is 3.46. The Morgan fingerprint density at radius 2 is 2.00 bits per heavy atom. The van der Waals surface area contributed by atoms with E-state index in [1.54, 1.807) is 0 Å². The molecule has 1 saturated carbocycles. The highest BCUT2D eigenvalue weighted by Crippen LogP contribution is 2.27. The molecule has 1 aliphatic carbocycles. The van der Waals surface area contributed by atoms with E-state index in [2.05, 4.69) is 35.5 Å². The van der Waals surface area contributed by atoms with E-state index in [-0.39, 0.29) is 0 Å². The molecule has 0 atom stereocenters. The number of benzene rings is 1. The normalized spacial score (nSPS) is 20.1. The van der Waals surface area contributed by atoms with Crippen LogP contribution in [0, 0.1) is 0 Å². The quantitative estimate of drug-likeness (QED) is 0.902. The first-order chi connectivity index (χ1) is 9.74. The van der Waals surface area contributed by atoms with Crippen molar-refractivity contribution in [3.8, 4) is 0 Å². The lowest BCUT2D eigenvalue weighted by Crippen LogP contribution is -2.36.